The molecule has 0 saturated carbocycles. The molecular weight excluding hydrogens is 270 g/mol. The monoisotopic (exact) mass is 299 g/mol. The van der Waals surface area contributed by atoms with Gasteiger partial charge in [0.15, 0.2) is 0 Å². The van der Waals surface area contributed by atoms with Crippen LogP contribution >= 0.6 is 11.8 Å². The first-order valence-corrected chi connectivity index (χ1v) is 9.42. The largest absolute Gasteiger partial charge is 0.375 e. The Kier molecular flexibility index (Phi) is 4.96. The number of thioether (sulfide) groups is 1. The number of hydrogen-bond donors (Lipinski definition) is 1. The van der Waals surface area contributed by atoms with E-state index in [2.05, 4.69) is 31.1 Å². The third-order valence-electron chi connectivity index (χ3n) is 5.44. The molecule has 0 radical (unpaired) electrons. The lowest BCUT2D eigenvalue weighted by Crippen LogP contribution is -2.51. The summed E-state index contributed by atoms with van der Waals surface area (Å²) in [6.45, 7) is 3.15. The Balaban J connectivity index is 1.65. The van der Waals surface area contributed by atoms with Crippen LogP contribution in [0.25, 0.3) is 0 Å². The van der Waals surface area contributed by atoms with Gasteiger partial charge in [0.25, 0.3) is 0 Å². The van der Waals surface area contributed by atoms with Crippen LogP contribution in [0.15, 0.2) is 0 Å². The van der Waals surface area contributed by atoms with Crippen LogP contribution in [-0.4, -0.2) is 49.0 Å². The zero-order valence-electron chi connectivity index (χ0n) is 12.9. The van der Waals surface area contributed by atoms with Gasteiger partial charge in [-0.2, -0.15) is 11.8 Å². The summed E-state index contributed by atoms with van der Waals surface area (Å²) in [7, 11) is 2.11. The van der Waals surface area contributed by atoms with Crippen LogP contribution in [0.5, 0.6) is 0 Å². The van der Waals surface area contributed by atoms with Gasteiger partial charge in [0, 0.05) is 12.6 Å². The maximum atomic E-state index is 6.23. The molecule has 20 heavy (non-hydrogen) atoms. The second-order valence-corrected chi connectivity index (χ2v) is 8.00. The van der Waals surface area contributed by atoms with Gasteiger partial charge >= 0.3 is 0 Å². The van der Waals surface area contributed by atoms with Crippen LogP contribution in [-0.2, 0) is 9.47 Å². The molecule has 4 heteroatoms. The van der Waals surface area contributed by atoms with Crippen LogP contribution in [0.1, 0.15) is 45.4 Å². The van der Waals surface area contributed by atoms with Gasteiger partial charge in [-0.3, -0.25) is 0 Å². The molecule has 3 aliphatic heterocycles. The number of ether oxygens (including phenoxy) is 2. The lowest BCUT2D eigenvalue weighted by atomic mass is 9.77. The highest BCUT2D eigenvalue weighted by Gasteiger charge is 2.43. The molecule has 0 aromatic carbocycles. The van der Waals surface area contributed by atoms with Crippen LogP contribution in [0.4, 0.5) is 0 Å². The Labute approximate surface area is 127 Å². The summed E-state index contributed by atoms with van der Waals surface area (Å²) in [4.78, 5) is 0. The smallest absolute Gasteiger partial charge is 0.0735 e. The molecule has 3 rings (SSSR count). The summed E-state index contributed by atoms with van der Waals surface area (Å²) in [5.74, 6) is 3.26. The number of nitrogens with one attached hydrogen (secondary N) is 1. The van der Waals surface area contributed by atoms with E-state index in [4.69, 9.17) is 9.47 Å². The Morgan fingerprint density at radius 3 is 2.65 bits per heavy atom. The van der Waals surface area contributed by atoms with E-state index in [0.717, 1.165) is 6.61 Å². The van der Waals surface area contributed by atoms with E-state index in [-0.39, 0.29) is 5.60 Å². The summed E-state index contributed by atoms with van der Waals surface area (Å²) < 4.78 is 12.4. The topological polar surface area (TPSA) is 30.5 Å². The summed E-state index contributed by atoms with van der Waals surface area (Å²) in [5.41, 5.74) is 0.188. The normalized spacial score (nSPS) is 39.0. The van der Waals surface area contributed by atoms with E-state index in [0.29, 0.717) is 24.2 Å². The molecule has 4 unspecified atom stereocenters. The number of likely N-dealkylation sites (N-methyl/N-ethyl adjacent to an activating group) is 1. The predicted octanol–water partition coefficient (Wildman–Crippen LogP) is 2.83. The zero-order valence-corrected chi connectivity index (χ0v) is 13.7. The van der Waals surface area contributed by atoms with Gasteiger partial charge in [-0.05, 0) is 69.9 Å². The highest BCUT2D eigenvalue weighted by Crippen LogP contribution is 2.42. The molecule has 0 bridgehead atoms. The van der Waals surface area contributed by atoms with Crippen molar-refractivity contribution in [1.29, 1.82) is 0 Å². The quantitative estimate of drug-likeness (QED) is 0.868. The van der Waals surface area contributed by atoms with Crippen molar-refractivity contribution in [1.82, 2.24) is 5.32 Å². The minimum absolute atomic E-state index is 0.188. The number of rotatable bonds is 3. The fourth-order valence-corrected chi connectivity index (χ4v) is 5.52. The van der Waals surface area contributed by atoms with Gasteiger partial charge in [-0.1, -0.05) is 0 Å². The average Bonchev–Trinajstić information content (AvgIpc) is 2.87. The summed E-state index contributed by atoms with van der Waals surface area (Å²) in [6, 6.07) is 0.510. The maximum absolute atomic E-state index is 6.23. The minimum Gasteiger partial charge on any atom is -0.375 e. The van der Waals surface area contributed by atoms with E-state index in [1.54, 1.807) is 0 Å². The molecule has 3 heterocycles. The van der Waals surface area contributed by atoms with Crippen molar-refractivity contribution in [2.24, 2.45) is 5.92 Å². The fraction of sp³-hybridized carbons (Fsp3) is 1.00. The number of hydrogen-bond acceptors (Lipinski definition) is 4. The molecular formula is C16H29NO2S. The van der Waals surface area contributed by atoms with Crippen molar-refractivity contribution in [3.63, 3.8) is 0 Å². The molecule has 0 amide bonds. The lowest BCUT2D eigenvalue weighted by molar-refractivity contribution is -0.115. The molecule has 3 aliphatic rings. The Bertz CT molecular complexity index is 314. The minimum atomic E-state index is 0.188. The first-order chi connectivity index (χ1) is 9.72. The van der Waals surface area contributed by atoms with Crippen molar-refractivity contribution in [2.75, 3.05) is 25.2 Å². The second kappa shape index (κ2) is 6.55. The summed E-state index contributed by atoms with van der Waals surface area (Å²) >= 11 is 2.08. The van der Waals surface area contributed by atoms with Gasteiger partial charge in [0.05, 0.1) is 17.8 Å². The van der Waals surface area contributed by atoms with Gasteiger partial charge < -0.3 is 14.8 Å². The van der Waals surface area contributed by atoms with Crippen LogP contribution < -0.4 is 5.32 Å². The summed E-state index contributed by atoms with van der Waals surface area (Å²) in [6.07, 6.45) is 8.19. The van der Waals surface area contributed by atoms with Gasteiger partial charge in [0.2, 0.25) is 0 Å². The van der Waals surface area contributed by atoms with Crippen LogP contribution in [0, 0.1) is 5.92 Å². The molecule has 3 fully saturated rings. The predicted molar refractivity (Wildman–Crippen MR) is 84.4 cm³/mol. The Hall–Kier alpha value is 0.230. The molecule has 0 aromatic rings. The SMILES string of the molecule is CNC(C1CCOC2(CCSCC2)C1)C1CCC(C)O1. The highest BCUT2D eigenvalue weighted by atomic mass is 32.2. The van der Waals surface area contributed by atoms with Crippen LogP contribution in [0.2, 0.25) is 0 Å². The summed E-state index contributed by atoms with van der Waals surface area (Å²) in [5, 5.41) is 3.57. The van der Waals surface area contributed by atoms with E-state index in [1.807, 2.05) is 0 Å². The lowest BCUT2D eigenvalue weighted by Gasteiger charge is -2.46. The van der Waals surface area contributed by atoms with Gasteiger partial charge in [-0.15, -0.1) is 0 Å². The maximum Gasteiger partial charge on any atom is 0.0735 e. The molecule has 1 spiro atoms. The van der Waals surface area contributed by atoms with Crippen molar-refractivity contribution in [3.8, 4) is 0 Å². The standard InChI is InChI=1S/C16H29NO2S/c1-12-3-4-14(19-12)15(17-2)13-5-8-18-16(11-13)6-9-20-10-7-16/h12-15,17H,3-11H2,1-2H3. The first-order valence-electron chi connectivity index (χ1n) is 8.27. The van der Waals surface area contributed by atoms with Crippen molar-refractivity contribution in [3.05, 3.63) is 0 Å². The second-order valence-electron chi connectivity index (χ2n) is 6.77. The van der Waals surface area contributed by atoms with Crippen molar-refractivity contribution >= 4 is 11.8 Å². The van der Waals surface area contributed by atoms with Crippen molar-refractivity contribution in [2.45, 2.75) is 69.3 Å². The molecule has 0 aliphatic carbocycles. The third kappa shape index (κ3) is 3.18. The first kappa shape index (κ1) is 15.1. The van der Waals surface area contributed by atoms with Crippen molar-refractivity contribution < 1.29 is 9.47 Å². The van der Waals surface area contributed by atoms with Crippen LogP contribution in [0.3, 0.4) is 0 Å². The molecule has 4 atom stereocenters. The fourth-order valence-electron chi connectivity index (χ4n) is 4.29. The van der Waals surface area contributed by atoms with E-state index in [1.165, 1.54) is 50.0 Å². The molecule has 0 aromatic heterocycles. The Morgan fingerprint density at radius 2 is 2.00 bits per heavy atom. The third-order valence-corrected chi connectivity index (χ3v) is 6.43. The molecule has 3 nitrogen and oxygen atoms in total. The molecule has 1 N–H and O–H groups in total. The average molecular weight is 299 g/mol. The van der Waals surface area contributed by atoms with E-state index < -0.39 is 0 Å². The molecule has 116 valence electrons. The highest BCUT2D eigenvalue weighted by molar-refractivity contribution is 7.99. The molecule has 3 saturated heterocycles. The van der Waals surface area contributed by atoms with Gasteiger partial charge in [-0.25, -0.2) is 0 Å². The van der Waals surface area contributed by atoms with E-state index in [9.17, 15) is 0 Å². The zero-order chi connectivity index (χ0) is 14.0. The van der Waals surface area contributed by atoms with E-state index >= 15 is 0 Å². The Morgan fingerprint density at radius 1 is 1.20 bits per heavy atom. The van der Waals surface area contributed by atoms with Gasteiger partial charge in [0.1, 0.15) is 0 Å².